The third kappa shape index (κ3) is 1.47. The molecular weight excluding hydrogens is 178 g/mol. The molecule has 0 heterocycles. The highest BCUT2D eigenvalue weighted by atomic mass is 16.4. The van der Waals surface area contributed by atoms with Gasteiger partial charge in [0.15, 0.2) is 5.69 Å². The first kappa shape index (κ1) is 8.76. The second-order valence-electron chi connectivity index (χ2n) is 3.49. The Balaban J connectivity index is 2.13. The van der Waals surface area contributed by atoms with Gasteiger partial charge in [-0.3, -0.25) is 4.79 Å². The fraction of sp³-hybridized carbons (Fsp3) is 0.273. The first-order valence-electron chi connectivity index (χ1n) is 4.42. The highest BCUT2D eigenvalue weighted by Gasteiger charge is 2.43. The van der Waals surface area contributed by atoms with Crippen LogP contribution in [0.15, 0.2) is 24.3 Å². The zero-order valence-electron chi connectivity index (χ0n) is 7.47. The summed E-state index contributed by atoms with van der Waals surface area (Å²) in [5.41, 5.74) is 1.63. The van der Waals surface area contributed by atoms with Crippen LogP contribution in [0, 0.1) is 12.5 Å². The SMILES string of the molecule is [C-]#[N+]c1ccc([C@H]2C[C@H]2C(=O)O)cc1. The second kappa shape index (κ2) is 3.15. The van der Waals surface area contributed by atoms with E-state index in [1.807, 2.05) is 12.1 Å². The van der Waals surface area contributed by atoms with Crippen LogP contribution in [0.25, 0.3) is 4.85 Å². The van der Waals surface area contributed by atoms with Crippen LogP contribution in [-0.2, 0) is 4.79 Å². The van der Waals surface area contributed by atoms with E-state index in [1.165, 1.54) is 0 Å². The van der Waals surface area contributed by atoms with Crippen molar-refractivity contribution in [2.45, 2.75) is 12.3 Å². The normalized spacial score (nSPS) is 23.9. The summed E-state index contributed by atoms with van der Waals surface area (Å²) in [6.45, 7) is 6.78. The number of rotatable bonds is 2. The van der Waals surface area contributed by atoms with Crippen LogP contribution in [-0.4, -0.2) is 11.1 Å². The summed E-state index contributed by atoms with van der Waals surface area (Å²) in [6, 6.07) is 7.17. The molecule has 0 radical (unpaired) electrons. The van der Waals surface area contributed by atoms with Crippen LogP contribution >= 0.6 is 0 Å². The minimum absolute atomic E-state index is 0.160. The van der Waals surface area contributed by atoms with Gasteiger partial charge in [0.05, 0.1) is 12.5 Å². The van der Waals surface area contributed by atoms with E-state index < -0.39 is 5.97 Å². The van der Waals surface area contributed by atoms with E-state index >= 15 is 0 Å². The molecule has 2 rings (SSSR count). The molecule has 1 aliphatic rings. The number of benzene rings is 1. The molecule has 0 unspecified atom stereocenters. The Bertz CT molecular complexity index is 402. The number of carboxylic acids is 1. The van der Waals surface area contributed by atoms with E-state index in [4.69, 9.17) is 11.7 Å². The summed E-state index contributed by atoms with van der Waals surface area (Å²) in [5, 5.41) is 8.74. The molecule has 0 aromatic heterocycles. The Morgan fingerprint density at radius 2 is 2.07 bits per heavy atom. The molecule has 1 N–H and O–H groups in total. The molecule has 1 aromatic carbocycles. The summed E-state index contributed by atoms with van der Waals surface area (Å²) in [4.78, 5) is 13.9. The van der Waals surface area contributed by atoms with Gasteiger partial charge in [0.1, 0.15) is 0 Å². The predicted molar refractivity (Wildman–Crippen MR) is 51.2 cm³/mol. The Labute approximate surface area is 81.8 Å². The van der Waals surface area contributed by atoms with Crippen molar-refractivity contribution < 1.29 is 9.90 Å². The summed E-state index contributed by atoms with van der Waals surface area (Å²) < 4.78 is 0. The molecule has 70 valence electrons. The van der Waals surface area contributed by atoms with Crippen molar-refractivity contribution in [3.63, 3.8) is 0 Å². The summed E-state index contributed by atoms with van der Waals surface area (Å²) in [5.74, 6) is -0.773. The van der Waals surface area contributed by atoms with Crippen molar-refractivity contribution in [2.24, 2.45) is 5.92 Å². The lowest BCUT2D eigenvalue weighted by molar-refractivity contribution is -0.138. The lowest BCUT2D eigenvalue weighted by atomic mass is 10.1. The maximum atomic E-state index is 10.6. The summed E-state index contributed by atoms with van der Waals surface area (Å²) >= 11 is 0. The quantitative estimate of drug-likeness (QED) is 0.722. The monoisotopic (exact) mass is 187 g/mol. The van der Waals surface area contributed by atoms with E-state index in [-0.39, 0.29) is 11.8 Å². The Kier molecular flexibility index (Phi) is 1.97. The summed E-state index contributed by atoms with van der Waals surface area (Å²) in [6.07, 6.45) is 0.729. The number of nitrogens with zero attached hydrogens (tertiary/aromatic N) is 1. The van der Waals surface area contributed by atoms with E-state index in [0.29, 0.717) is 5.69 Å². The van der Waals surface area contributed by atoms with Crippen molar-refractivity contribution in [1.82, 2.24) is 0 Å². The number of aliphatic carboxylic acids is 1. The van der Waals surface area contributed by atoms with Crippen molar-refractivity contribution in [1.29, 1.82) is 0 Å². The van der Waals surface area contributed by atoms with Crippen molar-refractivity contribution >= 4 is 11.7 Å². The maximum absolute atomic E-state index is 10.6. The van der Waals surface area contributed by atoms with Crippen LogP contribution < -0.4 is 0 Å². The average Bonchev–Trinajstić information content (AvgIpc) is 2.97. The molecular formula is C11H9NO2. The smallest absolute Gasteiger partial charge is 0.307 e. The average molecular weight is 187 g/mol. The van der Waals surface area contributed by atoms with Gasteiger partial charge in [-0.15, -0.1) is 0 Å². The number of hydrogen-bond donors (Lipinski definition) is 1. The largest absolute Gasteiger partial charge is 0.481 e. The van der Waals surface area contributed by atoms with Gasteiger partial charge in [0.2, 0.25) is 0 Å². The van der Waals surface area contributed by atoms with Crippen LogP contribution in [0.5, 0.6) is 0 Å². The molecule has 1 aliphatic carbocycles. The molecule has 3 heteroatoms. The van der Waals surface area contributed by atoms with E-state index in [2.05, 4.69) is 4.85 Å². The molecule has 3 nitrogen and oxygen atoms in total. The zero-order valence-corrected chi connectivity index (χ0v) is 7.47. The molecule has 2 atom stereocenters. The first-order valence-corrected chi connectivity index (χ1v) is 4.42. The van der Waals surface area contributed by atoms with Gasteiger partial charge in [0, 0.05) is 0 Å². The zero-order chi connectivity index (χ0) is 10.1. The predicted octanol–water partition coefficient (Wildman–Crippen LogP) is 2.43. The van der Waals surface area contributed by atoms with Gasteiger partial charge in [-0.2, -0.15) is 0 Å². The van der Waals surface area contributed by atoms with E-state index in [1.54, 1.807) is 12.1 Å². The second-order valence-corrected chi connectivity index (χ2v) is 3.49. The number of hydrogen-bond acceptors (Lipinski definition) is 1. The van der Waals surface area contributed by atoms with Gasteiger partial charge in [-0.05, 0) is 17.9 Å². The fourth-order valence-electron chi connectivity index (χ4n) is 1.63. The fourth-order valence-corrected chi connectivity index (χ4v) is 1.63. The van der Waals surface area contributed by atoms with Crippen LogP contribution in [0.4, 0.5) is 5.69 Å². The Morgan fingerprint density at radius 3 is 2.50 bits per heavy atom. The van der Waals surface area contributed by atoms with E-state index in [9.17, 15) is 4.79 Å². The molecule has 1 saturated carbocycles. The van der Waals surface area contributed by atoms with Crippen molar-refractivity contribution in [3.8, 4) is 0 Å². The highest BCUT2D eigenvalue weighted by Crippen LogP contribution is 2.47. The van der Waals surface area contributed by atoms with Crippen molar-refractivity contribution in [2.75, 3.05) is 0 Å². The number of carbonyl (C=O) groups is 1. The van der Waals surface area contributed by atoms with Crippen LogP contribution in [0.3, 0.4) is 0 Å². The minimum atomic E-state index is -0.718. The lowest BCUT2D eigenvalue weighted by Crippen LogP contribution is -1.98. The van der Waals surface area contributed by atoms with Gasteiger partial charge < -0.3 is 5.11 Å². The Hall–Kier alpha value is -1.82. The Morgan fingerprint density at radius 1 is 1.43 bits per heavy atom. The molecule has 0 spiro atoms. The molecule has 0 saturated heterocycles. The standard InChI is InChI=1S/C11H9NO2/c1-12-8-4-2-7(3-5-8)9-6-10(9)11(13)14/h2-5,9-10H,6H2,(H,13,14)/t9-,10-/m1/s1. The topological polar surface area (TPSA) is 41.7 Å². The first-order chi connectivity index (χ1) is 6.72. The van der Waals surface area contributed by atoms with Crippen LogP contribution in [0.1, 0.15) is 17.9 Å². The van der Waals surface area contributed by atoms with Gasteiger partial charge in [-0.25, -0.2) is 4.85 Å². The van der Waals surface area contributed by atoms with Crippen LogP contribution in [0.2, 0.25) is 0 Å². The maximum Gasteiger partial charge on any atom is 0.307 e. The summed E-state index contributed by atoms with van der Waals surface area (Å²) in [7, 11) is 0. The van der Waals surface area contributed by atoms with Gasteiger partial charge >= 0.3 is 5.97 Å². The molecule has 14 heavy (non-hydrogen) atoms. The highest BCUT2D eigenvalue weighted by molar-refractivity contribution is 5.75. The lowest BCUT2D eigenvalue weighted by Gasteiger charge is -1.97. The molecule has 1 fully saturated rings. The van der Waals surface area contributed by atoms with Crippen molar-refractivity contribution in [3.05, 3.63) is 41.2 Å². The van der Waals surface area contributed by atoms with E-state index in [0.717, 1.165) is 12.0 Å². The molecule has 0 bridgehead atoms. The number of carboxylic acid groups (broad SMARTS) is 1. The third-order valence-electron chi connectivity index (χ3n) is 2.56. The molecule has 1 aromatic rings. The van der Waals surface area contributed by atoms with Gasteiger partial charge in [-0.1, -0.05) is 24.3 Å². The minimum Gasteiger partial charge on any atom is -0.481 e. The molecule has 0 aliphatic heterocycles. The third-order valence-corrected chi connectivity index (χ3v) is 2.56. The van der Waals surface area contributed by atoms with Gasteiger partial charge in [0.25, 0.3) is 0 Å². The molecule has 0 amide bonds.